The van der Waals surface area contributed by atoms with Crippen molar-refractivity contribution < 1.29 is 22.7 Å². The number of thiophene rings is 1. The Morgan fingerprint density at radius 1 is 1.13 bits per heavy atom. The summed E-state index contributed by atoms with van der Waals surface area (Å²) < 4.78 is 38.2. The second kappa shape index (κ2) is 9.84. The van der Waals surface area contributed by atoms with E-state index in [1.807, 2.05) is 32.9 Å². The van der Waals surface area contributed by atoms with Crippen LogP contribution in [0.5, 0.6) is 11.5 Å². The van der Waals surface area contributed by atoms with Crippen LogP contribution in [0.3, 0.4) is 0 Å². The van der Waals surface area contributed by atoms with E-state index >= 15 is 0 Å². The second-order valence-corrected chi connectivity index (χ2v) is 10.6. The lowest BCUT2D eigenvalue weighted by Gasteiger charge is -2.33. The Morgan fingerprint density at radius 2 is 1.84 bits per heavy atom. The third-order valence-electron chi connectivity index (χ3n) is 5.07. The van der Waals surface area contributed by atoms with Crippen molar-refractivity contribution in [3.63, 3.8) is 0 Å². The number of rotatable bonds is 7. The fraction of sp³-hybridized carbons (Fsp3) is 0.409. The van der Waals surface area contributed by atoms with Gasteiger partial charge in [0.05, 0.1) is 18.6 Å². The van der Waals surface area contributed by atoms with E-state index in [4.69, 9.17) is 9.47 Å². The molecule has 0 saturated carbocycles. The highest BCUT2D eigenvalue weighted by atomic mass is 32.2. The molecule has 0 aliphatic carbocycles. The maximum absolute atomic E-state index is 12.9. The molecular formula is C22H28N2O5S2. The number of sulfonamides is 1. The Morgan fingerprint density at radius 3 is 2.42 bits per heavy atom. The average Bonchev–Trinajstić information content (AvgIpc) is 3.11. The zero-order chi connectivity index (χ0) is 22.6. The van der Waals surface area contributed by atoms with Gasteiger partial charge < -0.3 is 14.4 Å². The summed E-state index contributed by atoms with van der Waals surface area (Å²) >= 11 is 1.48. The van der Waals surface area contributed by atoms with E-state index < -0.39 is 10.0 Å². The highest BCUT2D eigenvalue weighted by Crippen LogP contribution is 2.29. The lowest BCUT2D eigenvalue weighted by Crippen LogP contribution is -2.50. The minimum Gasteiger partial charge on any atom is -0.493 e. The molecule has 9 heteroatoms. The van der Waals surface area contributed by atoms with Gasteiger partial charge >= 0.3 is 0 Å². The molecule has 1 fully saturated rings. The van der Waals surface area contributed by atoms with Crippen molar-refractivity contribution in [1.82, 2.24) is 9.21 Å². The largest absolute Gasteiger partial charge is 0.493 e. The lowest BCUT2D eigenvalue weighted by molar-refractivity contribution is -0.127. The number of carbonyl (C=O) groups excluding carboxylic acids is 1. The fourth-order valence-corrected chi connectivity index (χ4v) is 6.44. The molecule has 1 aliphatic rings. The number of nitrogens with zero attached hydrogens (tertiary/aromatic N) is 2. The zero-order valence-corrected chi connectivity index (χ0v) is 19.9. The Balaban J connectivity index is 1.63. The van der Waals surface area contributed by atoms with Gasteiger partial charge in [-0.3, -0.25) is 4.79 Å². The van der Waals surface area contributed by atoms with Crippen molar-refractivity contribution in [3.8, 4) is 11.5 Å². The van der Waals surface area contributed by atoms with Crippen LogP contribution < -0.4 is 9.47 Å². The first-order chi connectivity index (χ1) is 14.8. The Hall–Kier alpha value is -2.36. The van der Waals surface area contributed by atoms with Gasteiger partial charge in [-0.2, -0.15) is 4.31 Å². The van der Waals surface area contributed by atoms with E-state index in [2.05, 4.69) is 0 Å². The predicted octanol–water partition coefficient (Wildman–Crippen LogP) is 3.32. The van der Waals surface area contributed by atoms with Gasteiger partial charge in [-0.15, -0.1) is 11.3 Å². The van der Waals surface area contributed by atoms with E-state index in [-0.39, 0.29) is 19.0 Å². The number of aryl methyl sites for hydroxylation is 2. The number of methoxy groups -OCH3 is 1. The van der Waals surface area contributed by atoms with Gasteiger partial charge in [0.2, 0.25) is 15.9 Å². The standard InChI is InChI=1S/C22H28N2O5S2/c1-5-29-20-15-18(6-8-19(20)28-4)7-9-22(25)23-10-12-24(13-11-23)31(26,27)21-14-16(2)30-17(21)3/h6-9,14-15H,5,10-13H2,1-4H3/b9-7+. The van der Waals surface area contributed by atoms with Crippen LogP contribution in [0.2, 0.25) is 0 Å². The second-order valence-electron chi connectivity index (χ2n) is 7.18. The molecule has 0 N–H and O–H groups in total. The molecule has 31 heavy (non-hydrogen) atoms. The number of piperazine rings is 1. The van der Waals surface area contributed by atoms with E-state index in [1.54, 1.807) is 30.2 Å². The number of hydrogen-bond donors (Lipinski definition) is 0. The van der Waals surface area contributed by atoms with Crippen LogP contribution >= 0.6 is 11.3 Å². The molecule has 1 aromatic heterocycles. The molecule has 0 unspecified atom stereocenters. The highest BCUT2D eigenvalue weighted by Gasteiger charge is 2.31. The topological polar surface area (TPSA) is 76.2 Å². The van der Waals surface area contributed by atoms with Crippen LogP contribution in [0, 0.1) is 13.8 Å². The molecule has 0 atom stereocenters. The van der Waals surface area contributed by atoms with Gasteiger partial charge in [0.1, 0.15) is 0 Å². The quantitative estimate of drug-likeness (QED) is 0.588. The van der Waals surface area contributed by atoms with Crippen molar-refractivity contribution in [2.45, 2.75) is 25.7 Å². The summed E-state index contributed by atoms with van der Waals surface area (Å²) in [6.07, 6.45) is 3.24. The Labute approximate surface area is 187 Å². The molecule has 168 valence electrons. The van der Waals surface area contributed by atoms with Gasteiger partial charge in [0.15, 0.2) is 11.5 Å². The first-order valence-electron chi connectivity index (χ1n) is 10.1. The van der Waals surface area contributed by atoms with Crippen LogP contribution in [-0.4, -0.2) is 63.4 Å². The van der Waals surface area contributed by atoms with E-state index in [9.17, 15) is 13.2 Å². The SMILES string of the molecule is CCOc1cc(/C=C/C(=O)N2CCN(S(=O)(=O)c3cc(C)sc3C)CC2)ccc1OC. The summed E-state index contributed by atoms with van der Waals surface area (Å²) in [4.78, 5) is 16.4. The molecule has 7 nitrogen and oxygen atoms in total. The average molecular weight is 465 g/mol. The smallest absolute Gasteiger partial charge is 0.246 e. The molecule has 1 aromatic carbocycles. The monoisotopic (exact) mass is 464 g/mol. The number of hydrogen-bond acceptors (Lipinski definition) is 6. The van der Waals surface area contributed by atoms with Gasteiger partial charge in [-0.1, -0.05) is 6.07 Å². The molecule has 0 radical (unpaired) electrons. The van der Waals surface area contributed by atoms with Crippen molar-refractivity contribution >= 4 is 33.3 Å². The van der Waals surface area contributed by atoms with Gasteiger partial charge in [-0.05, 0) is 50.6 Å². The van der Waals surface area contributed by atoms with E-state index in [1.165, 1.54) is 21.7 Å². The van der Waals surface area contributed by atoms with E-state index in [0.29, 0.717) is 36.1 Å². The first kappa shape index (κ1) is 23.3. The predicted molar refractivity (Wildman–Crippen MR) is 122 cm³/mol. The molecule has 3 rings (SSSR count). The van der Waals surface area contributed by atoms with Crippen molar-refractivity contribution in [2.75, 3.05) is 39.9 Å². The van der Waals surface area contributed by atoms with Crippen LogP contribution in [0.4, 0.5) is 0 Å². The maximum Gasteiger partial charge on any atom is 0.246 e. The lowest BCUT2D eigenvalue weighted by atomic mass is 10.2. The minimum atomic E-state index is -3.53. The number of benzene rings is 1. The third kappa shape index (κ3) is 5.28. The molecule has 1 saturated heterocycles. The molecule has 0 spiro atoms. The Kier molecular flexibility index (Phi) is 7.40. The molecule has 0 bridgehead atoms. The Bertz CT molecular complexity index is 1070. The maximum atomic E-state index is 12.9. The van der Waals surface area contributed by atoms with Gasteiger partial charge in [-0.25, -0.2) is 8.42 Å². The van der Waals surface area contributed by atoms with Crippen LogP contribution in [0.25, 0.3) is 6.08 Å². The van der Waals surface area contributed by atoms with Gasteiger partial charge in [0.25, 0.3) is 0 Å². The molecule has 2 aromatic rings. The number of ether oxygens (including phenoxy) is 2. The van der Waals surface area contributed by atoms with Crippen LogP contribution in [0.15, 0.2) is 35.2 Å². The number of carbonyl (C=O) groups is 1. The summed E-state index contributed by atoms with van der Waals surface area (Å²) in [5.41, 5.74) is 0.821. The van der Waals surface area contributed by atoms with Crippen LogP contribution in [-0.2, 0) is 14.8 Å². The molecule has 1 amide bonds. The molecular weight excluding hydrogens is 436 g/mol. The molecule has 1 aliphatic heterocycles. The van der Waals surface area contributed by atoms with Gasteiger partial charge in [0, 0.05) is 42.0 Å². The van der Waals surface area contributed by atoms with Crippen LogP contribution in [0.1, 0.15) is 22.2 Å². The summed E-state index contributed by atoms with van der Waals surface area (Å²) in [5, 5.41) is 0. The third-order valence-corrected chi connectivity index (χ3v) is 8.19. The van der Waals surface area contributed by atoms with Crippen molar-refractivity contribution in [3.05, 3.63) is 45.7 Å². The summed E-state index contributed by atoms with van der Waals surface area (Å²) in [5.74, 6) is 1.12. The highest BCUT2D eigenvalue weighted by molar-refractivity contribution is 7.89. The summed E-state index contributed by atoms with van der Waals surface area (Å²) in [6, 6.07) is 7.19. The normalized spacial score (nSPS) is 15.4. The fourth-order valence-electron chi connectivity index (χ4n) is 3.49. The van der Waals surface area contributed by atoms with Crippen molar-refractivity contribution in [2.24, 2.45) is 0 Å². The van der Waals surface area contributed by atoms with Crippen molar-refractivity contribution in [1.29, 1.82) is 0 Å². The first-order valence-corrected chi connectivity index (χ1v) is 12.4. The van der Waals surface area contributed by atoms with E-state index in [0.717, 1.165) is 15.3 Å². The zero-order valence-electron chi connectivity index (χ0n) is 18.3. The summed E-state index contributed by atoms with van der Waals surface area (Å²) in [7, 11) is -1.95. The number of amides is 1. The summed E-state index contributed by atoms with van der Waals surface area (Å²) in [6.45, 7) is 7.42. The molecule has 2 heterocycles. The minimum absolute atomic E-state index is 0.145.